The molecule has 0 radical (unpaired) electrons. The van der Waals surface area contributed by atoms with E-state index < -0.39 is 0 Å². The summed E-state index contributed by atoms with van der Waals surface area (Å²) in [6.07, 6.45) is 3.33. The molecule has 1 aliphatic heterocycles. The van der Waals surface area contributed by atoms with Crippen LogP contribution in [0, 0.1) is 0 Å². The number of piperazine rings is 1. The Bertz CT molecular complexity index is 326. The molecule has 0 bridgehead atoms. The molecule has 88 valence electrons. The number of aromatic amines is 1. The van der Waals surface area contributed by atoms with Crippen LogP contribution in [0.1, 0.15) is 12.1 Å². The number of nitrogens with one attached hydrogen (secondary N) is 1. The number of H-pyrrole nitrogens is 1. The summed E-state index contributed by atoms with van der Waals surface area (Å²) in [5, 5.41) is 0. The normalized spacial score (nSPS) is 17.7. The number of likely N-dealkylation sites (N-methyl/N-ethyl adjacent to an activating group) is 1. The van der Waals surface area contributed by atoms with E-state index in [0.29, 0.717) is 6.42 Å². The van der Waals surface area contributed by atoms with Crippen molar-refractivity contribution in [2.45, 2.75) is 12.8 Å². The smallest absolute Gasteiger partial charge is 0.223 e. The van der Waals surface area contributed by atoms with Crippen LogP contribution in [-0.2, 0) is 11.2 Å². The molecule has 0 spiro atoms. The first-order chi connectivity index (χ1) is 7.75. The van der Waals surface area contributed by atoms with Crippen molar-refractivity contribution in [3.63, 3.8) is 0 Å². The topological polar surface area (TPSA) is 39.3 Å². The van der Waals surface area contributed by atoms with Gasteiger partial charge in [0.25, 0.3) is 0 Å². The third-order valence-corrected chi connectivity index (χ3v) is 3.13. The van der Waals surface area contributed by atoms with Gasteiger partial charge in [0.15, 0.2) is 0 Å². The maximum Gasteiger partial charge on any atom is 0.223 e. The number of hydrogen-bond donors (Lipinski definition) is 1. The fourth-order valence-electron chi connectivity index (χ4n) is 1.98. The monoisotopic (exact) mass is 221 g/mol. The molecule has 4 heteroatoms. The number of rotatable bonds is 3. The zero-order valence-corrected chi connectivity index (χ0v) is 9.78. The van der Waals surface area contributed by atoms with E-state index in [-0.39, 0.29) is 5.91 Å². The van der Waals surface area contributed by atoms with Crippen molar-refractivity contribution in [2.24, 2.45) is 0 Å². The van der Waals surface area contributed by atoms with Gasteiger partial charge in [0.1, 0.15) is 0 Å². The van der Waals surface area contributed by atoms with Gasteiger partial charge in [-0.2, -0.15) is 0 Å². The quantitative estimate of drug-likeness (QED) is 0.817. The Morgan fingerprint density at radius 3 is 2.75 bits per heavy atom. The Morgan fingerprint density at radius 2 is 2.12 bits per heavy atom. The summed E-state index contributed by atoms with van der Waals surface area (Å²) in [6, 6.07) is 3.99. The maximum atomic E-state index is 11.9. The van der Waals surface area contributed by atoms with Gasteiger partial charge in [0, 0.05) is 44.5 Å². The molecule has 0 aliphatic carbocycles. The minimum absolute atomic E-state index is 0.280. The Kier molecular flexibility index (Phi) is 3.62. The van der Waals surface area contributed by atoms with Crippen molar-refractivity contribution < 1.29 is 4.79 Å². The highest BCUT2D eigenvalue weighted by molar-refractivity contribution is 5.76. The van der Waals surface area contributed by atoms with Crippen molar-refractivity contribution in [3.8, 4) is 0 Å². The molecule has 1 aliphatic rings. The lowest BCUT2D eigenvalue weighted by molar-refractivity contribution is -0.132. The minimum atomic E-state index is 0.280. The molecule has 4 nitrogen and oxygen atoms in total. The Hall–Kier alpha value is -1.29. The van der Waals surface area contributed by atoms with Crippen LogP contribution < -0.4 is 0 Å². The van der Waals surface area contributed by atoms with Crippen LogP contribution in [0.2, 0.25) is 0 Å². The lowest BCUT2D eigenvalue weighted by Gasteiger charge is -2.32. The lowest BCUT2D eigenvalue weighted by atomic mass is 10.2. The number of carbonyl (C=O) groups is 1. The third kappa shape index (κ3) is 2.85. The average Bonchev–Trinajstić information content (AvgIpc) is 2.80. The molecule has 1 amide bonds. The van der Waals surface area contributed by atoms with Crippen molar-refractivity contribution in [1.29, 1.82) is 0 Å². The summed E-state index contributed by atoms with van der Waals surface area (Å²) in [5.74, 6) is 0.280. The predicted octanol–water partition coefficient (Wildman–Crippen LogP) is 0.721. The van der Waals surface area contributed by atoms with Crippen molar-refractivity contribution in [3.05, 3.63) is 24.0 Å². The van der Waals surface area contributed by atoms with Gasteiger partial charge < -0.3 is 14.8 Å². The van der Waals surface area contributed by atoms with E-state index >= 15 is 0 Å². The van der Waals surface area contributed by atoms with Gasteiger partial charge in [-0.1, -0.05) is 0 Å². The molecule has 2 heterocycles. The number of carbonyl (C=O) groups excluding carboxylic acids is 1. The van der Waals surface area contributed by atoms with E-state index in [9.17, 15) is 4.79 Å². The zero-order chi connectivity index (χ0) is 11.4. The molecule has 1 fully saturated rings. The second-order valence-electron chi connectivity index (χ2n) is 4.38. The van der Waals surface area contributed by atoms with E-state index in [2.05, 4.69) is 16.9 Å². The van der Waals surface area contributed by atoms with Crippen LogP contribution in [0.3, 0.4) is 0 Å². The Balaban J connectivity index is 1.75. The molecule has 1 aromatic heterocycles. The van der Waals surface area contributed by atoms with Crippen LogP contribution in [0.4, 0.5) is 0 Å². The van der Waals surface area contributed by atoms with Gasteiger partial charge in [-0.25, -0.2) is 0 Å². The molecule has 16 heavy (non-hydrogen) atoms. The highest BCUT2D eigenvalue weighted by Gasteiger charge is 2.18. The lowest BCUT2D eigenvalue weighted by Crippen LogP contribution is -2.47. The van der Waals surface area contributed by atoms with Gasteiger partial charge in [0.05, 0.1) is 0 Å². The summed E-state index contributed by atoms with van der Waals surface area (Å²) in [4.78, 5) is 19.3. The first-order valence-corrected chi connectivity index (χ1v) is 5.84. The highest BCUT2D eigenvalue weighted by atomic mass is 16.2. The molecule has 0 unspecified atom stereocenters. The van der Waals surface area contributed by atoms with E-state index in [4.69, 9.17) is 0 Å². The molecule has 0 aromatic carbocycles. The second kappa shape index (κ2) is 5.16. The van der Waals surface area contributed by atoms with Crippen LogP contribution in [0.15, 0.2) is 18.3 Å². The van der Waals surface area contributed by atoms with E-state index in [1.54, 1.807) is 0 Å². The Morgan fingerprint density at radius 1 is 1.38 bits per heavy atom. The standard InChI is InChI=1S/C12H19N3O/c1-14-7-9-15(10-8-14)12(16)5-4-11-3-2-6-13-11/h2-3,6,13H,4-5,7-10H2,1H3. The minimum Gasteiger partial charge on any atom is -0.365 e. The number of amides is 1. The zero-order valence-electron chi connectivity index (χ0n) is 9.78. The molecular weight excluding hydrogens is 202 g/mol. The summed E-state index contributed by atoms with van der Waals surface area (Å²) >= 11 is 0. The van der Waals surface area contributed by atoms with Gasteiger partial charge in [0.2, 0.25) is 5.91 Å². The van der Waals surface area contributed by atoms with Gasteiger partial charge >= 0.3 is 0 Å². The molecule has 0 saturated carbocycles. The van der Waals surface area contributed by atoms with Crippen LogP contribution in [-0.4, -0.2) is 53.9 Å². The number of hydrogen-bond acceptors (Lipinski definition) is 2. The van der Waals surface area contributed by atoms with Gasteiger partial charge in [-0.3, -0.25) is 4.79 Å². The van der Waals surface area contributed by atoms with Gasteiger partial charge in [-0.05, 0) is 25.6 Å². The molecule has 0 atom stereocenters. The first-order valence-electron chi connectivity index (χ1n) is 5.84. The van der Waals surface area contributed by atoms with Crippen LogP contribution in [0.25, 0.3) is 0 Å². The third-order valence-electron chi connectivity index (χ3n) is 3.13. The van der Waals surface area contributed by atoms with Crippen molar-refractivity contribution in [1.82, 2.24) is 14.8 Å². The Labute approximate surface area is 96.2 Å². The molecule has 1 aromatic rings. The molecule has 1 saturated heterocycles. The van der Waals surface area contributed by atoms with Crippen molar-refractivity contribution in [2.75, 3.05) is 33.2 Å². The highest BCUT2D eigenvalue weighted by Crippen LogP contribution is 2.05. The summed E-state index contributed by atoms with van der Waals surface area (Å²) < 4.78 is 0. The summed E-state index contributed by atoms with van der Waals surface area (Å²) in [5.41, 5.74) is 1.14. The fourth-order valence-corrected chi connectivity index (χ4v) is 1.98. The largest absolute Gasteiger partial charge is 0.365 e. The predicted molar refractivity (Wildman–Crippen MR) is 63.2 cm³/mol. The van der Waals surface area contributed by atoms with E-state index in [0.717, 1.165) is 38.3 Å². The SMILES string of the molecule is CN1CCN(C(=O)CCc2ccc[nH]2)CC1. The number of aromatic nitrogens is 1. The molecular formula is C12H19N3O. The fraction of sp³-hybridized carbons (Fsp3) is 0.583. The number of nitrogens with zero attached hydrogens (tertiary/aromatic N) is 2. The van der Waals surface area contributed by atoms with Crippen LogP contribution in [0.5, 0.6) is 0 Å². The average molecular weight is 221 g/mol. The second-order valence-corrected chi connectivity index (χ2v) is 4.38. The summed E-state index contributed by atoms with van der Waals surface area (Å²) in [7, 11) is 2.10. The van der Waals surface area contributed by atoms with Crippen LogP contribution >= 0.6 is 0 Å². The molecule has 1 N–H and O–H groups in total. The van der Waals surface area contributed by atoms with E-state index in [1.807, 2.05) is 23.2 Å². The first kappa shape index (κ1) is 11.2. The molecule has 2 rings (SSSR count). The van der Waals surface area contributed by atoms with Gasteiger partial charge in [-0.15, -0.1) is 0 Å². The van der Waals surface area contributed by atoms with E-state index in [1.165, 1.54) is 0 Å². The number of aryl methyl sites for hydroxylation is 1. The van der Waals surface area contributed by atoms with Crippen molar-refractivity contribution >= 4 is 5.91 Å². The summed E-state index contributed by atoms with van der Waals surface area (Å²) in [6.45, 7) is 3.74. The maximum absolute atomic E-state index is 11.9.